The van der Waals surface area contributed by atoms with Crippen molar-refractivity contribution in [3.8, 4) is 0 Å². The Balaban J connectivity index is 1.89. The lowest BCUT2D eigenvalue weighted by Gasteiger charge is -2.33. The number of nitrogens with two attached hydrogens (primary N) is 1. The molecule has 3 rings (SSSR count). The molecule has 0 aliphatic heterocycles. The van der Waals surface area contributed by atoms with E-state index in [9.17, 15) is 0 Å². The number of para-hydroxylation sites is 1. The topological polar surface area (TPSA) is 51.2 Å². The maximum absolute atomic E-state index is 6.20. The number of hydrazine groups is 1. The van der Waals surface area contributed by atoms with Crippen molar-refractivity contribution in [3.05, 3.63) is 35.0 Å². The van der Waals surface area contributed by atoms with Gasteiger partial charge in [0.1, 0.15) is 5.76 Å². The second kappa shape index (κ2) is 6.39. The molecule has 21 heavy (non-hydrogen) atoms. The lowest BCUT2D eigenvalue weighted by atomic mass is 9.76. The van der Waals surface area contributed by atoms with Crippen LogP contribution in [0.3, 0.4) is 0 Å². The van der Waals surface area contributed by atoms with E-state index in [1.165, 1.54) is 32.1 Å². The van der Waals surface area contributed by atoms with Gasteiger partial charge in [-0.15, -0.1) is 0 Å². The first-order chi connectivity index (χ1) is 10.2. The molecule has 1 aliphatic rings. The number of hydrogen-bond donors (Lipinski definition) is 2. The van der Waals surface area contributed by atoms with Crippen molar-refractivity contribution in [3.63, 3.8) is 0 Å². The Morgan fingerprint density at radius 3 is 3.00 bits per heavy atom. The Hall–Kier alpha value is -1.03. The van der Waals surface area contributed by atoms with Gasteiger partial charge in [-0.2, -0.15) is 0 Å². The third kappa shape index (κ3) is 2.96. The van der Waals surface area contributed by atoms with E-state index in [2.05, 4.69) is 18.4 Å². The van der Waals surface area contributed by atoms with E-state index in [0.29, 0.717) is 10.9 Å². The van der Waals surface area contributed by atoms with E-state index in [1.807, 2.05) is 18.2 Å². The van der Waals surface area contributed by atoms with E-state index in [0.717, 1.165) is 22.6 Å². The summed E-state index contributed by atoms with van der Waals surface area (Å²) < 4.78 is 6.00. The molecule has 2 aromatic rings. The van der Waals surface area contributed by atoms with Gasteiger partial charge in [-0.3, -0.25) is 5.84 Å². The maximum Gasteiger partial charge on any atom is 0.152 e. The highest BCUT2D eigenvalue weighted by molar-refractivity contribution is 6.34. The highest BCUT2D eigenvalue weighted by Crippen LogP contribution is 2.40. The normalized spacial score (nSPS) is 24.3. The molecule has 4 heteroatoms. The van der Waals surface area contributed by atoms with Crippen molar-refractivity contribution < 1.29 is 4.42 Å². The van der Waals surface area contributed by atoms with E-state index in [-0.39, 0.29) is 6.04 Å². The molecule has 3 atom stereocenters. The Bertz CT molecular complexity index is 610. The summed E-state index contributed by atoms with van der Waals surface area (Å²) >= 11 is 6.20. The van der Waals surface area contributed by atoms with Crippen LogP contribution in [0.2, 0.25) is 5.02 Å². The van der Waals surface area contributed by atoms with Gasteiger partial charge in [0.05, 0.1) is 11.1 Å². The molecule has 1 heterocycles. The quantitative estimate of drug-likeness (QED) is 0.629. The molecular weight excluding hydrogens is 284 g/mol. The van der Waals surface area contributed by atoms with Crippen LogP contribution < -0.4 is 11.3 Å². The largest absolute Gasteiger partial charge is 0.458 e. The molecule has 0 saturated heterocycles. The average Bonchev–Trinajstić information content (AvgIpc) is 2.93. The van der Waals surface area contributed by atoms with E-state index >= 15 is 0 Å². The predicted octanol–water partition coefficient (Wildman–Crippen LogP) is 4.81. The summed E-state index contributed by atoms with van der Waals surface area (Å²) in [6, 6.07) is 7.97. The smallest absolute Gasteiger partial charge is 0.152 e. The van der Waals surface area contributed by atoms with Gasteiger partial charge in [-0.25, -0.2) is 5.43 Å². The van der Waals surface area contributed by atoms with Crippen molar-refractivity contribution in [1.82, 2.24) is 5.43 Å². The second-order valence-corrected chi connectivity index (χ2v) is 6.56. The number of halogens is 1. The van der Waals surface area contributed by atoms with Crippen molar-refractivity contribution in [1.29, 1.82) is 0 Å². The van der Waals surface area contributed by atoms with Crippen molar-refractivity contribution in [2.45, 2.75) is 45.1 Å². The van der Waals surface area contributed by atoms with Crippen LogP contribution in [0.5, 0.6) is 0 Å². The summed E-state index contributed by atoms with van der Waals surface area (Å²) in [6.45, 7) is 2.28. The van der Waals surface area contributed by atoms with Crippen LogP contribution >= 0.6 is 11.6 Å². The van der Waals surface area contributed by atoms with E-state index < -0.39 is 0 Å². The van der Waals surface area contributed by atoms with Crippen LogP contribution in [0.1, 0.15) is 50.8 Å². The number of rotatable bonds is 4. The van der Waals surface area contributed by atoms with Crippen molar-refractivity contribution in [2.24, 2.45) is 17.7 Å². The molecule has 0 spiro atoms. The summed E-state index contributed by atoms with van der Waals surface area (Å²) in [6.07, 6.45) is 6.30. The summed E-state index contributed by atoms with van der Waals surface area (Å²) in [5.74, 6) is 8.09. The SMILES string of the molecule is CCC1CCCC(C(NN)c2cc3cccc(Cl)c3o2)C1. The van der Waals surface area contributed by atoms with Gasteiger partial charge in [0.25, 0.3) is 0 Å². The fourth-order valence-corrected chi connectivity index (χ4v) is 3.88. The minimum Gasteiger partial charge on any atom is -0.458 e. The minimum atomic E-state index is 0.0721. The summed E-state index contributed by atoms with van der Waals surface area (Å²) in [5.41, 5.74) is 3.74. The van der Waals surface area contributed by atoms with Gasteiger partial charge in [0.2, 0.25) is 0 Å². The lowest BCUT2D eigenvalue weighted by molar-refractivity contribution is 0.196. The first-order valence-electron chi connectivity index (χ1n) is 7.87. The zero-order chi connectivity index (χ0) is 14.8. The molecule has 1 aliphatic carbocycles. The molecule has 3 unspecified atom stereocenters. The highest BCUT2D eigenvalue weighted by atomic mass is 35.5. The molecule has 114 valence electrons. The number of benzene rings is 1. The fourth-order valence-electron chi connectivity index (χ4n) is 3.66. The van der Waals surface area contributed by atoms with Gasteiger partial charge in [-0.05, 0) is 36.8 Å². The molecule has 3 nitrogen and oxygen atoms in total. The van der Waals surface area contributed by atoms with Crippen LogP contribution in [-0.2, 0) is 0 Å². The molecule has 1 fully saturated rings. The number of nitrogens with one attached hydrogen (secondary N) is 1. The summed E-state index contributed by atoms with van der Waals surface area (Å²) in [7, 11) is 0. The molecule has 3 N–H and O–H groups in total. The van der Waals surface area contributed by atoms with Crippen LogP contribution in [0, 0.1) is 11.8 Å². The number of hydrogen-bond acceptors (Lipinski definition) is 3. The molecular formula is C17H23ClN2O. The first-order valence-corrected chi connectivity index (χ1v) is 8.24. The molecule has 0 bridgehead atoms. The van der Waals surface area contributed by atoms with Gasteiger partial charge < -0.3 is 4.42 Å². The second-order valence-electron chi connectivity index (χ2n) is 6.15. The lowest BCUT2D eigenvalue weighted by Crippen LogP contribution is -2.35. The van der Waals surface area contributed by atoms with Crippen LogP contribution in [-0.4, -0.2) is 0 Å². The highest BCUT2D eigenvalue weighted by Gasteiger charge is 2.30. The van der Waals surface area contributed by atoms with Gasteiger partial charge in [0, 0.05) is 5.39 Å². The molecule has 1 saturated carbocycles. The standard InChI is InChI=1S/C17H23ClN2O/c1-2-11-5-3-6-12(9-11)16(20-19)15-10-13-7-4-8-14(18)17(13)21-15/h4,7-8,10-12,16,20H,2-3,5-6,9,19H2,1H3. The maximum atomic E-state index is 6.20. The van der Waals surface area contributed by atoms with Gasteiger partial charge in [0.15, 0.2) is 5.58 Å². The molecule has 0 radical (unpaired) electrons. The summed E-state index contributed by atoms with van der Waals surface area (Å²) in [5, 5.41) is 1.70. The Kier molecular flexibility index (Phi) is 4.53. The third-order valence-corrected chi connectivity index (χ3v) is 5.17. The monoisotopic (exact) mass is 306 g/mol. The van der Waals surface area contributed by atoms with Crippen LogP contribution in [0.4, 0.5) is 0 Å². The Labute approximate surface area is 130 Å². The van der Waals surface area contributed by atoms with Crippen LogP contribution in [0.25, 0.3) is 11.0 Å². The van der Waals surface area contributed by atoms with Crippen molar-refractivity contribution in [2.75, 3.05) is 0 Å². The third-order valence-electron chi connectivity index (χ3n) is 4.87. The van der Waals surface area contributed by atoms with E-state index in [1.54, 1.807) is 0 Å². The molecule has 0 amide bonds. The zero-order valence-electron chi connectivity index (χ0n) is 12.4. The molecule has 1 aromatic carbocycles. The Morgan fingerprint density at radius 2 is 2.29 bits per heavy atom. The predicted molar refractivity (Wildman–Crippen MR) is 87.0 cm³/mol. The number of fused-ring (bicyclic) bond motifs is 1. The van der Waals surface area contributed by atoms with E-state index in [4.69, 9.17) is 21.9 Å². The van der Waals surface area contributed by atoms with Gasteiger partial charge >= 0.3 is 0 Å². The van der Waals surface area contributed by atoms with Gasteiger partial charge in [-0.1, -0.05) is 49.9 Å². The Morgan fingerprint density at radius 1 is 1.43 bits per heavy atom. The minimum absolute atomic E-state index is 0.0721. The van der Waals surface area contributed by atoms with Crippen molar-refractivity contribution >= 4 is 22.6 Å². The number of furan rings is 1. The van der Waals surface area contributed by atoms with Crippen LogP contribution in [0.15, 0.2) is 28.7 Å². The first kappa shape index (κ1) is 14.9. The zero-order valence-corrected chi connectivity index (χ0v) is 13.2. The summed E-state index contributed by atoms with van der Waals surface area (Å²) in [4.78, 5) is 0. The fraction of sp³-hybridized carbons (Fsp3) is 0.529. The molecule has 1 aromatic heterocycles. The average molecular weight is 307 g/mol.